The smallest absolute Gasteiger partial charge is 0.340 e. The predicted molar refractivity (Wildman–Crippen MR) is 69.3 cm³/mol. The monoisotopic (exact) mass is 322 g/mol. The first-order valence-corrected chi connectivity index (χ1v) is 6.61. The number of carbonyl (C=O) groups excluding carboxylic acids is 1. The van der Waals surface area contributed by atoms with Gasteiger partial charge in [0.1, 0.15) is 0 Å². The van der Waals surface area contributed by atoms with Gasteiger partial charge in [-0.2, -0.15) is 13.2 Å². The van der Waals surface area contributed by atoms with Crippen molar-refractivity contribution in [1.29, 1.82) is 0 Å². The van der Waals surface area contributed by atoms with Crippen molar-refractivity contribution in [2.75, 3.05) is 13.6 Å². The summed E-state index contributed by atoms with van der Waals surface area (Å²) >= 11 is 0. The summed E-state index contributed by atoms with van der Waals surface area (Å²) < 4.78 is 64.0. The normalized spacial score (nSPS) is 20.9. The number of nitrogens with one attached hydrogen (secondary N) is 1. The number of rotatable bonds is 3. The predicted octanol–water partition coefficient (Wildman–Crippen LogP) is 2.66. The fourth-order valence-corrected chi connectivity index (χ4v) is 2.35. The van der Waals surface area contributed by atoms with Crippen LogP contribution < -0.4 is 5.32 Å². The summed E-state index contributed by atoms with van der Waals surface area (Å²) in [6.07, 6.45) is -5.06. The number of hydrogen-bond donors (Lipinski definition) is 1. The number of likely N-dealkylation sites (N-methyl/N-ethyl adjacent to an activating group) is 1. The maximum atomic E-state index is 13.1. The molecular formula is C14H15F5N2O. The lowest BCUT2D eigenvalue weighted by Gasteiger charge is -2.21. The number of amides is 1. The highest BCUT2D eigenvalue weighted by Gasteiger charge is 2.43. The molecule has 1 heterocycles. The topological polar surface area (TPSA) is 32.3 Å². The summed E-state index contributed by atoms with van der Waals surface area (Å²) in [7, 11) is 1.38. The average molecular weight is 322 g/mol. The molecule has 3 nitrogen and oxygen atoms in total. The Labute approximate surface area is 124 Å². The summed E-state index contributed by atoms with van der Waals surface area (Å²) in [5, 5.41) is 2.43. The number of hydrogen-bond acceptors (Lipinski definition) is 2. The molecule has 0 radical (unpaired) electrons. The van der Waals surface area contributed by atoms with Gasteiger partial charge in [-0.05, 0) is 17.7 Å². The van der Waals surface area contributed by atoms with Crippen molar-refractivity contribution in [1.82, 2.24) is 10.2 Å². The van der Waals surface area contributed by atoms with Gasteiger partial charge in [0.05, 0.1) is 18.2 Å². The van der Waals surface area contributed by atoms with Crippen LogP contribution in [0.5, 0.6) is 0 Å². The molecule has 0 saturated carbocycles. The minimum absolute atomic E-state index is 0.0769. The first-order valence-electron chi connectivity index (χ1n) is 6.61. The van der Waals surface area contributed by atoms with Crippen molar-refractivity contribution in [3.05, 3.63) is 35.4 Å². The minimum Gasteiger partial charge on any atom is -0.340 e. The van der Waals surface area contributed by atoms with E-state index in [0.29, 0.717) is 0 Å². The van der Waals surface area contributed by atoms with Crippen LogP contribution in [0, 0.1) is 0 Å². The molecule has 1 unspecified atom stereocenters. The highest BCUT2D eigenvalue weighted by molar-refractivity contribution is 5.82. The standard InChI is InChI=1S/C14H15F5N2O/c1-21(12(22)11-6-13(15,16)8-20-11)7-9-3-2-4-10(5-9)14(17,18)19/h2-5,11,20H,6-8H2,1H3. The number of benzene rings is 1. The number of halogens is 5. The van der Waals surface area contributed by atoms with E-state index in [2.05, 4.69) is 5.32 Å². The SMILES string of the molecule is CN(Cc1cccc(C(F)(F)F)c1)C(=O)C1CC(F)(F)CN1. The van der Waals surface area contributed by atoms with E-state index >= 15 is 0 Å². The Morgan fingerprint density at radius 3 is 2.64 bits per heavy atom. The van der Waals surface area contributed by atoms with E-state index in [0.717, 1.165) is 17.0 Å². The first kappa shape index (κ1) is 16.7. The summed E-state index contributed by atoms with van der Waals surface area (Å²) in [4.78, 5) is 13.2. The Hall–Kier alpha value is -1.70. The molecule has 122 valence electrons. The molecule has 1 aromatic rings. The van der Waals surface area contributed by atoms with Crippen LogP contribution >= 0.6 is 0 Å². The second-order valence-electron chi connectivity index (χ2n) is 5.39. The second-order valence-corrected chi connectivity index (χ2v) is 5.39. The van der Waals surface area contributed by atoms with Crippen molar-refractivity contribution >= 4 is 5.91 Å². The minimum atomic E-state index is -4.46. The summed E-state index contributed by atoms with van der Waals surface area (Å²) in [6, 6.07) is 3.57. The fraction of sp³-hybridized carbons (Fsp3) is 0.500. The zero-order valence-corrected chi connectivity index (χ0v) is 11.8. The van der Waals surface area contributed by atoms with E-state index in [1.807, 2.05) is 0 Å². The maximum absolute atomic E-state index is 13.1. The third-order valence-electron chi connectivity index (χ3n) is 3.46. The van der Waals surface area contributed by atoms with Crippen LogP contribution in [-0.2, 0) is 17.5 Å². The van der Waals surface area contributed by atoms with Crippen molar-refractivity contribution in [2.24, 2.45) is 0 Å². The molecule has 8 heteroatoms. The average Bonchev–Trinajstić information content (AvgIpc) is 2.77. The Morgan fingerprint density at radius 2 is 2.09 bits per heavy atom. The molecule has 1 aliphatic rings. The number of alkyl halides is 5. The molecule has 22 heavy (non-hydrogen) atoms. The molecule has 1 fully saturated rings. The highest BCUT2D eigenvalue weighted by Crippen LogP contribution is 2.30. The Balaban J connectivity index is 2.03. The first-order chi connectivity index (χ1) is 10.1. The molecule has 1 atom stereocenters. The van der Waals surface area contributed by atoms with Gasteiger partial charge in [-0.15, -0.1) is 0 Å². The van der Waals surface area contributed by atoms with Gasteiger partial charge in [-0.3, -0.25) is 10.1 Å². The molecule has 0 bridgehead atoms. The van der Waals surface area contributed by atoms with Gasteiger partial charge in [-0.25, -0.2) is 8.78 Å². The molecule has 0 aromatic heterocycles. The van der Waals surface area contributed by atoms with Gasteiger partial charge >= 0.3 is 6.18 Å². The Kier molecular flexibility index (Phi) is 4.42. The van der Waals surface area contributed by atoms with Crippen LogP contribution in [0.2, 0.25) is 0 Å². The molecule has 1 aromatic carbocycles. The maximum Gasteiger partial charge on any atom is 0.416 e. The van der Waals surface area contributed by atoms with Gasteiger partial charge in [0.15, 0.2) is 0 Å². The molecular weight excluding hydrogens is 307 g/mol. The summed E-state index contributed by atoms with van der Waals surface area (Å²) in [5.74, 6) is -3.49. The molecule has 1 aliphatic heterocycles. The molecule has 2 rings (SSSR count). The Bertz CT molecular complexity index is 558. The lowest BCUT2D eigenvalue weighted by molar-refractivity contribution is -0.137. The van der Waals surface area contributed by atoms with E-state index in [-0.39, 0.29) is 12.1 Å². The van der Waals surface area contributed by atoms with E-state index < -0.39 is 42.6 Å². The zero-order chi connectivity index (χ0) is 16.5. The van der Waals surface area contributed by atoms with Crippen LogP contribution in [0.3, 0.4) is 0 Å². The van der Waals surface area contributed by atoms with Gasteiger partial charge in [-0.1, -0.05) is 12.1 Å². The van der Waals surface area contributed by atoms with E-state index in [9.17, 15) is 26.7 Å². The van der Waals surface area contributed by atoms with Crippen molar-refractivity contribution in [2.45, 2.75) is 31.1 Å². The third-order valence-corrected chi connectivity index (χ3v) is 3.46. The van der Waals surface area contributed by atoms with Crippen LogP contribution in [0.1, 0.15) is 17.5 Å². The number of nitrogens with zero attached hydrogens (tertiary/aromatic N) is 1. The largest absolute Gasteiger partial charge is 0.416 e. The van der Waals surface area contributed by atoms with Crippen LogP contribution in [0.4, 0.5) is 22.0 Å². The van der Waals surface area contributed by atoms with E-state index in [1.54, 1.807) is 0 Å². The molecule has 1 N–H and O–H groups in total. The van der Waals surface area contributed by atoms with Gasteiger partial charge < -0.3 is 4.90 Å². The van der Waals surface area contributed by atoms with E-state index in [1.165, 1.54) is 19.2 Å². The summed E-state index contributed by atoms with van der Waals surface area (Å²) in [6.45, 7) is -0.646. The fourth-order valence-electron chi connectivity index (χ4n) is 2.35. The molecule has 1 saturated heterocycles. The van der Waals surface area contributed by atoms with Crippen molar-refractivity contribution < 1.29 is 26.7 Å². The molecule has 0 spiro atoms. The van der Waals surface area contributed by atoms with Crippen LogP contribution in [-0.4, -0.2) is 36.4 Å². The molecule has 0 aliphatic carbocycles. The third kappa shape index (κ3) is 3.94. The molecule has 1 amide bonds. The quantitative estimate of drug-likeness (QED) is 0.868. The van der Waals surface area contributed by atoms with Crippen molar-refractivity contribution in [3.8, 4) is 0 Å². The van der Waals surface area contributed by atoms with Gasteiger partial charge in [0.25, 0.3) is 5.92 Å². The zero-order valence-electron chi connectivity index (χ0n) is 11.8. The van der Waals surface area contributed by atoms with E-state index in [4.69, 9.17) is 0 Å². The van der Waals surface area contributed by atoms with Crippen molar-refractivity contribution in [3.63, 3.8) is 0 Å². The summed E-state index contributed by atoms with van der Waals surface area (Å²) in [5.41, 5.74) is -0.521. The van der Waals surface area contributed by atoms with Gasteiger partial charge in [0.2, 0.25) is 5.91 Å². The number of carbonyl (C=O) groups is 1. The second kappa shape index (κ2) is 5.83. The Morgan fingerprint density at radius 1 is 1.41 bits per heavy atom. The highest BCUT2D eigenvalue weighted by atomic mass is 19.4. The lowest BCUT2D eigenvalue weighted by atomic mass is 10.1. The van der Waals surface area contributed by atoms with Crippen LogP contribution in [0.15, 0.2) is 24.3 Å². The lowest BCUT2D eigenvalue weighted by Crippen LogP contribution is -2.41. The van der Waals surface area contributed by atoms with Gasteiger partial charge in [0, 0.05) is 20.0 Å². The van der Waals surface area contributed by atoms with Crippen LogP contribution in [0.25, 0.3) is 0 Å².